The first kappa shape index (κ1) is 27.3. The molecule has 0 rings (SSSR count). The predicted octanol–water partition coefficient (Wildman–Crippen LogP) is 2.53. The molecule has 1 amide bonds. The molecule has 0 bridgehead atoms. The SMILES string of the molecule is CCCCCCCCCCCCCC(=O)NCCNCCNCCNCCN. The Labute approximate surface area is 174 Å². The van der Waals surface area contributed by atoms with Crippen LogP contribution in [0.5, 0.6) is 0 Å². The molecule has 0 aliphatic rings. The molecule has 0 fully saturated rings. The van der Waals surface area contributed by atoms with Gasteiger partial charge in [-0.05, 0) is 6.42 Å². The lowest BCUT2D eigenvalue weighted by atomic mass is 10.1. The van der Waals surface area contributed by atoms with E-state index in [1.54, 1.807) is 0 Å². The van der Waals surface area contributed by atoms with Gasteiger partial charge < -0.3 is 27.0 Å². The van der Waals surface area contributed by atoms with E-state index in [0.717, 1.165) is 52.2 Å². The summed E-state index contributed by atoms with van der Waals surface area (Å²) in [6.45, 7) is 9.14. The highest BCUT2D eigenvalue weighted by atomic mass is 16.1. The summed E-state index contributed by atoms with van der Waals surface area (Å²) in [5, 5.41) is 12.9. The van der Waals surface area contributed by atoms with E-state index < -0.39 is 0 Å². The molecule has 0 heterocycles. The molecule has 6 N–H and O–H groups in total. The van der Waals surface area contributed by atoms with Crippen molar-refractivity contribution >= 4 is 5.91 Å². The van der Waals surface area contributed by atoms with Crippen molar-refractivity contribution in [3.63, 3.8) is 0 Å². The molecule has 0 radical (unpaired) electrons. The van der Waals surface area contributed by atoms with E-state index in [-0.39, 0.29) is 5.91 Å². The van der Waals surface area contributed by atoms with E-state index in [4.69, 9.17) is 5.73 Å². The van der Waals surface area contributed by atoms with Crippen LogP contribution in [0.1, 0.15) is 84.0 Å². The molecule has 0 unspecified atom stereocenters. The van der Waals surface area contributed by atoms with E-state index in [9.17, 15) is 4.79 Å². The standard InChI is InChI=1S/C22H49N5O/c1-2-3-4-5-6-7-8-9-10-11-12-13-22(28)27-21-20-26-19-18-25-17-16-24-15-14-23/h24-26H,2-21,23H2,1H3,(H,27,28). The van der Waals surface area contributed by atoms with Crippen LogP contribution in [0.25, 0.3) is 0 Å². The van der Waals surface area contributed by atoms with Gasteiger partial charge in [0, 0.05) is 58.8 Å². The average molecular weight is 400 g/mol. The third kappa shape index (κ3) is 23.3. The van der Waals surface area contributed by atoms with Crippen molar-refractivity contribution in [2.75, 3.05) is 52.4 Å². The second kappa shape index (κ2) is 24.3. The Morgan fingerprint density at radius 1 is 0.607 bits per heavy atom. The minimum atomic E-state index is 0.196. The molecule has 0 spiro atoms. The second-order valence-corrected chi connectivity index (χ2v) is 7.67. The Hall–Kier alpha value is -0.690. The van der Waals surface area contributed by atoms with Crippen LogP contribution in [-0.2, 0) is 4.79 Å². The predicted molar refractivity (Wildman–Crippen MR) is 122 cm³/mol. The molecule has 0 saturated carbocycles. The van der Waals surface area contributed by atoms with E-state index in [1.165, 1.54) is 64.2 Å². The number of amides is 1. The zero-order chi connectivity index (χ0) is 20.5. The first-order valence-electron chi connectivity index (χ1n) is 11.9. The lowest BCUT2D eigenvalue weighted by molar-refractivity contribution is -0.121. The molecule has 6 nitrogen and oxygen atoms in total. The molecule has 0 aromatic rings. The van der Waals surface area contributed by atoms with Gasteiger partial charge in [0.05, 0.1) is 0 Å². The number of hydrogen-bond donors (Lipinski definition) is 5. The Morgan fingerprint density at radius 2 is 1.04 bits per heavy atom. The summed E-state index contributed by atoms with van der Waals surface area (Å²) in [5.41, 5.74) is 5.41. The van der Waals surface area contributed by atoms with Gasteiger partial charge in [-0.3, -0.25) is 4.79 Å². The number of carbonyl (C=O) groups excluding carboxylic acids is 1. The molecular formula is C22H49N5O. The minimum absolute atomic E-state index is 0.196. The van der Waals surface area contributed by atoms with Gasteiger partial charge in [-0.1, -0.05) is 71.1 Å². The number of nitrogens with one attached hydrogen (secondary N) is 4. The van der Waals surface area contributed by atoms with Crippen molar-refractivity contribution in [1.29, 1.82) is 0 Å². The number of unbranched alkanes of at least 4 members (excludes halogenated alkanes) is 10. The number of nitrogens with two attached hydrogens (primary N) is 1. The minimum Gasteiger partial charge on any atom is -0.355 e. The third-order valence-corrected chi connectivity index (χ3v) is 4.91. The zero-order valence-corrected chi connectivity index (χ0v) is 18.6. The number of hydrogen-bond acceptors (Lipinski definition) is 5. The number of carbonyl (C=O) groups is 1. The van der Waals surface area contributed by atoms with Gasteiger partial charge in [0.15, 0.2) is 0 Å². The fourth-order valence-corrected chi connectivity index (χ4v) is 3.16. The summed E-state index contributed by atoms with van der Waals surface area (Å²) in [6.07, 6.45) is 15.2. The molecule has 0 saturated heterocycles. The van der Waals surface area contributed by atoms with Gasteiger partial charge in [0.2, 0.25) is 5.91 Å². The van der Waals surface area contributed by atoms with Crippen LogP contribution in [-0.4, -0.2) is 58.3 Å². The van der Waals surface area contributed by atoms with E-state index in [1.807, 2.05) is 0 Å². The molecular weight excluding hydrogens is 350 g/mol. The Bertz CT molecular complexity index is 287. The molecule has 0 aromatic carbocycles. The quantitative estimate of drug-likeness (QED) is 0.170. The lowest BCUT2D eigenvalue weighted by Gasteiger charge is -2.08. The van der Waals surface area contributed by atoms with E-state index in [2.05, 4.69) is 28.2 Å². The van der Waals surface area contributed by atoms with Crippen molar-refractivity contribution in [3.8, 4) is 0 Å². The molecule has 0 aliphatic heterocycles. The fourth-order valence-electron chi connectivity index (χ4n) is 3.16. The highest BCUT2D eigenvalue weighted by Crippen LogP contribution is 2.11. The molecule has 6 heteroatoms. The van der Waals surface area contributed by atoms with Crippen molar-refractivity contribution in [2.24, 2.45) is 5.73 Å². The van der Waals surface area contributed by atoms with E-state index >= 15 is 0 Å². The van der Waals surface area contributed by atoms with Crippen molar-refractivity contribution in [2.45, 2.75) is 84.0 Å². The molecule has 28 heavy (non-hydrogen) atoms. The van der Waals surface area contributed by atoms with Crippen LogP contribution in [0.2, 0.25) is 0 Å². The second-order valence-electron chi connectivity index (χ2n) is 7.67. The van der Waals surface area contributed by atoms with Crippen molar-refractivity contribution in [3.05, 3.63) is 0 Å². The van der Waals surface area contributed by atoms with Gasteiger partial charge in [-0.15, -0.1) is 0 Å². The number of rotatable bonds is 23. The van der Waals surface area contributed by atoms with Crippen LogP contribution in [0, 0.1) is 0 Å². The van der Waals surface area contributed by atoms with Crippen LogP contribution in [0.15, 0.2) is 0 Å². The monoisotopic (exact) mass is 399 g/mol. The molecule has 168 valence electrons. The average Bonchev–Trinajstić information content (AvgIpc) is 2.70. The topological polar surface area (TPSA) is 91.2 Å². The summed E-state index contributed by atoms with van der Waals surface area (Å²) in [6, 6.07) is 0. The highest BCUT2D eigenvalue weighted by molar-refractivity contribution is 5.75. The molecule has 0 atom stereocenters. The Morgan fingerprint density at radius 3 is 1.54 bits per heavy atom. The molecule has 0 aromatic heterocycles. The van der Waals surface area contributed by atoms with Crippen molar-refractivity contribution in [1.82, 2.24) is 21.3 Å². The zero-order valence-electron chi connectivity index (χ0n) is 18.6. The first-order chi connectivity index (χ1) is 13.8. The van der Waals surface area contributed by atoms with Crippen LogP contribution in [0.3, 0.4) is 0 Å². The maximum atomic E-state index is 11.8. The van der Waals surface area contributed by atoms with Crippen LogP contribution >= 0.6 is 0 Å². The smallest absolute Gasteiger partial charge is 0.220 e. The fraction of sp³-hybridized carbons (Fsp3) is 0.955. The summed E-state index contributed by atoms with van der Waals surface area (Å²) < 4.78 is 0. The summed E-state index contributed by atoms with van der Waals surface area (Å²) in [4.78, 5) is 11.8. The first-order valence-corrected chi connectivity index (χ1v) is 11.9. The largest absolute Gasteiger partial charge is 0.355 e. The van der Waals surface area contributed by atoms with Crippen molar-refractivity contribution < 1.29 is 4.79 Å². The van der Waals surface area contributed by atoms with Gasteiger partial charge in [0.1, 0.15) is 0 Å². The van der Waals surface area contributed by atoms with Gasteiger partial charge >= 0.3 is 0 Å². The summed E-state index contributed by atoms with van der Waals surface area (Å²) in [5.74, 6) is 0.196. The highest BCUT2D eigenvalue weighted by Gasteiger charge is 2.00. The normalized spacial score (nSPS) is 11.1. The summed E-state index contributed by atoms with van der Waals surface area (Å²) >= 11 is 0. The van der Waals surface area contributed by atoms with E-state index in [0.29, 0.717) is 13.0 Å². The molecule has 0 aliphatic carbocycles. The van der Waals surface area contributed by atoms with Crippen LogP contribution < -0.4 is 27.0 Å². The van der Waals surface area contributed by atoms with Gasteiger partial charge in [0.25, 0.3) is 0 Å². The van der Waals surface area contributed by atoms with Gasteiger partial charge in [-0.25, -0.2) is 0 Å². The third-order valence-electron chi connectivity index (χ3n) is 4.91. The Balaban J connectivity index is 3.13. The lowest BCUT2D eigenvalue weighted by Crippen LogP contribution is -2.36. The van der Waals surface area contributed by atoms with Gasteiger partial charge in [-0.2, -0.15) is 0 Å². The Kier molecular flexibility index (Phi) is 23.7. The maximum Gasteiger partial charge on any atom is 0.220 e. The maximum absolute atomic E-state index is 11.8. The van der Waals surface area contributed by atoms with Crippen LogP contribution in [0.4, 0.5) is 0 Å². The summed E-state index contributed by atoms with van der Waals surface area (Å²) in [7, 11) is 0.